The summed E-state index contributed by atoms with van der Waals surface area (Å²) in [5.74, 6) is -0.860. The van der Waals surface area contributed by atoms with Crippen LogP contribution in [0.4, 0.5) is 5.69 Å². The van der Waals surface area contributed by atoms with Crippen LogP contribution in [0.15, 0.2) is 48.8 Å². The van der Waals surface area contributed by atoms with Gasteiger partial charge in [0, 0.05) is 51.1 Å². The zero-order valence-electron chi connectivity index (χ0n) is 15.8. The number of para-hydroxylation sites is 1. The molecule has 146 valence electrons. The van der Waals surface area contributed by atoms with Crippen molar-refractivity contribution in [2.45, 2.75) is 18.6 Å². The highest BCUT2D eigenvalue weighted by Gasteiger charge is 2.40. The van der Waals surface area contributed by atoms with E-state index in [2.05, 4.69) is 4.98 Å². The molecular weight excluding hydrogens is 358 g/mol. The molecule has 2 amide bonds. The molecule has 0 atom stereocenters. The van der Waals surface area contributed by atoms with Crippen LogP contribution in [0.1, 0.15) is 33.6 Å². The number of carbonyl (C=O) groups is 2. The van der Waals surface area contributed by atoms with Gasteiger partial charge in [-0.15, -0.1) is 0 Å². The fourth-order valence-electron chi connectivity index (χ4n) is 3.66. The molecule has 2 aromatic rings. The molecule has 1 aromatic carbocycles. The molecule has 0 radical (unpaired) electrons. The van der Waals surface area contributed by atoms with E-state index in [1.807, 2.05) is 30.3 Å². The molecule has 1 aromatic heterocycles. The van der Waals surface area contributed by atoms with Gasteiger partial charge in [0.15, 0.2) is 5.79 Å². The number of rotatable bonds is 3. The van der Waals surface area contributed by atoms with E-state index in [1.54, 1.807) is 22.9 Å². The lowest BCUT2D eigenvalue weighted by Gasteiger charge is -2.37. The fourth-order valence-corrected chi connectivity index (χ4v) is 3.66. The standard InChI is InChI=1S/C21H23N3O4/c1-23(18-5-3-2-4-6-18)19(25)16-13-17(15-22-14-16)20(26)24-9-7-21(8-10-24)27-11-12-28-21/h2-6,13-15H,7-12H2,1H3. The third kappa shape index (κ3) is 3.63. The Morgan fingerprint density at radius 2 is 1.68 bits per heavy atom. The molecule has 0 N–H and O–H groups in total. The van der Waals surface area contributed by atoms with Gasteiger partial charge in [-0.25, -0.2) is 0 Å². The summed E-state index contributed by atoms with van der Waals surface area (Å²) in [4.78, 5) is 33.1. The quantitative estimate of drug-likeness (QED) is 0.816. The van der Waals surface area contributed by atoms with Crippen LogP contribution in [0.5, 0.6) is 0 Å². The summed E-state index contributed by atoms with van der Waals surface area (Å²) < 4.78 is 11.4. The Bertz CT molecular complexity index is 855. The van der Waals surface area contributed by atoms with E-state index >= 15 is 0 Å². The summed E-state index contributed by atoms with van der Waals surface area (Å²) in [6.45, 7) is 2.33. The van der Waals surface area contributed by atoms with Crippen LogP contribution in [0, 0.1) is 0 Å². The number of anilines is 1. The lowest BCUT2D eigenvalue weighted by molar-refractivity contribution is -0.181. The molecule has 7 nitrogen and oxygen atoms in total. The first kappa shape index (κ1) is 18.6. The number of piperidine rings is 1. The van der Waals surface area contributed by atoms with Crippen molar-refractivity contribution in [3.05, 3.63) is 59.9 Å². The Kier molecular flexibility index (Phi) is 5.11. The number of hydrogen-bond acceptors (Lipinski definition) is 5. The molecular formula is C21H23N3O4. The number of benzene rings is 1. The highest BCUT2D eigenvalue weighted by Crippen LogP contribution is 2.31. The largest absolute Gasteiger partial charge is 0.347 e. The van der Waals surface area contributed by atoms with Gasteiger partial charge in [-0.1, -0.05) is 18.2 Å². The minimum atomic E-state index is -0.523. The second-order valence-electron chi connectivity index (χ2n) is 7.06. The van der Waals surface area contributed by atoms with Crippen LogP contribution in [0.25, 0.3) is 0 Å². The molecule has 4 rings (SSSR count). The molecule has 3 heterocycles. The van der Waals surface area contributed by atoms with Crippen LogP contribution in [0.3, 0.4) is 0 Å². The van der Waals surface area contributed by atoms with Crippen LogP contribution >= 0.6 is 0 Å². The lowest BCUT2D eigenvalue weighted by Crippen LogP contribution is -2.47. The Labute approximate surface area is 163 Å². The van der Waals surface area contributed by atoms with Gasteiger partial charge in [-0.2, -0.15) is 0 Å². The van der Waals surface area contributed by atoms with Gasteiger partial charge in [0.25, 0.3) is 11.8 Å². The van der Waals surface area contributed by atoms with E-state index in [4.69, 9.17) is 9.47 Å². The predicted molar refractivity (Wildman–Crippen MR) is 103 cm³/mol. The molecule has 0 bridgehead atoms. The van der Waals surface area contributed by atoms with Crippen molar-refractivity contribution in [3.8, 4) is 0 Å². The van der Waals surface area contributed by atoms with Gasteiger partial charge in [0.05, 0.1) is 24.3 Å². The first-order valence-corrected chi connectivity index (χ1v) is 9.43. The second-order valence-corrected chi connectivity index (χ2v) is 7.06. The van der Waals surface area contributed by atoms with Crippen LogP contribution in [0.2, 0.25) is 0 Å². The maximum atomic E-state index is 12.9. The van der Waals surface area contributed by atoms with E-state index in [9.17, 15) is 9.59 Å². The third-order valence-electron chi connectivity index (χ3n) is 5.31. The monoisotopic (exact) mass is 381 g/mol. The van der Waals surface area contributed by atoms with Crippen molar-refractivity contribution in [1.29, 1.82) is 0 Å². The highest BCUT2D eigenvalue weighted by molar-refractivity contribution is 6.07. The Morgan fingerprint density at radius 3 is 2.36 bits per heavy atom. The molecule has 1 spiro atoms. The van der Waals surface area contributed by atoms with Crippen molar-refractivity contribution in [2.24, 2.45) is 0 Å². The summed E-state index contributed by atoms with van der Waals surface area (Å²) in [5, 5.41) is 0. The zero-order valence-corrected chi connectivity index (χ0v) is 15.8. The van der Waals surface area contributed by atoms with E-state index in [1.165, 1.54) is 12.4 Å². The van der Waals surface area contributed by atoms with E-state index in [0.29, 0.717) is 50.3 Å². The SMILES string of the molecule is CN(C(=O)c1cncc(C(=O)N2CCC3(CC2)OCCO3)c1)c1ccccc1. The van der Waals surface area contributed by atoms with Gasteiger partial charge < -0.3 is 19.3 Å². The number of ether oxygens (including phenoxy) is 2. The molecule has 28 heavy (non-hydrogen) atoms. The average molecular weight is 381 g/mol. The van der Waals surface area contributed by atoms with E-state index in [0.717, 1.165) is 5.69 Å². The number of aromatic nitrogens is 1. The first-order valence-electron chi connectivity index (χ1n) is 9.43. The fraction of sp³-hybridized carbons (Fsp3) is 0.381. The lowest BCUT2D eigenvalue weighted by atomic mass is 10.0. The van der Waals surface area contributed by atoms with Crippen molar-refractivity contribution < 1.29 is 19.1 Å². The Morgan fingerprint density at radius 1 is 1.04 bits per heavy atom. The average Bonchev–Trinajstić information content (AvgIpc) is 3.21. The highest BCUT2D eigenvalue weighted by atomic mass is 16.7. The van der Waals surface area contributed by atoms with E-state index in [-0.39, 0.29) is 11.8 Å². The summed E-state index contributed by atoms with van der Waals surface area (Å²) in [7, 11) is 1.71. The maximum Gasteiger partial charge on any atom is 0.259 e. The van der Waals surface area contributed by atoms with Crippen LogP contribution in [-0.2, 0) is 9.47 Å². The zero-order chi connectivity index (χ0) is 19.6. The molecule has 2 aliphatic heterocycles. The van der Waals surface area contributed by atoms with Crippen LogP contribution in [-0.4, -0.2) is 60.8 Å². The first-order chi connectivity index (χ1) is 13.6. The smallest absolute Gasteiger partial charge is 0.259 e. The molecule has 2 aliphatic rings. The summed E-state index contributed by atoms with van der Waals surface area (Å²) in [6, 6.07) is 11.0. The van der Waals surface area contributed by atoms with Gasteiger partial charge in [0.2, 0.25) is 0 Å². The van der Waals surface area contributed by atoms with Crippen LogP contribution < -0.4 is 4.90 Å². The number of hydrogen-bond donors (Lipinski definition) is 0. The minimum Gasteiger partial charge on any atom is -0.347 e. The molecule has 0 aliphatic carbocycles. The van der Waals surface area contributed by atoms with Crippen molar-refractivity contribution in [1.82, 2.24) is 9.88 Å². The molecule has 2 fully saturated rings. The summed E-state index contributed by atoms with van der Waals surface area (Å²) in [5.41, 5.74) is 1.58. The number of likely N-dealkylation sites (tertiary alicyclic amines) is 1. The van der Waals surface area contributed by atoms with Gasteiger partial charge in [0.1, 0.15) is 0 Å². The minimum absolute atomic E-state index is 0.127. The number of nitrogens with zero attached hydrogens (tertiary/aromatic N) is 3. The molecule has 0 saturated carbocycles. The molecule has 0 unspecified atom stereocenters. The van der Waals surface area contributed by atoms with Gasteiger partial charge in [-0.3, -0.25) is 14.6 Å². The number of amides is 2. The predicted octanol–water partition coefficient (Wildman–Crippen LogP) is 2.34. The molecule has 7 heteroatoms. The molecule has 2 saturated heterocycles. The Hall–Kier alpha value is -2.77. The number of carbonyl (C=O) groups excluding carboxylic acids is 2. The van der Waals surface area contributed by atoms with Gasteiger partial charge >= 0.3 is 0 Å². The van der Waals surface area contributed by atoms with E-state index < -0.39 is 5.79 Å². The normalized spacial score (nSPS) is 18.2. The summed E-state index contributed by atoms with van der Waals surface area (Å²) in [6.07, 6.45) is 4.31. The van der Waals surface area contributed by atoms with Crippen molar-refractivity contribution in [3.63, 3.8) is 0 Å². The van der Waals surface area contributed by atoms with Crippen molar-refractivity contribution >= 4 is 17.5 Å². The summed E-state index contributed by atoms with van der Waals surface area (Å²) >= 11 is 0. The Balaban J connectivity index is 1.46. The topological polar surface area (TPSA) is 72.0 Å². The van der Waals surface area contributed by atoms with Gasteiger partial charge in [-0.05, 0) is 18.2 Å². The third-order valence-corrected chi connectivity index (χ3v) is 5.31. The maximum absolute atomic E-state index is 12.9. The second kappa shape index (κ2) is 7.69. The number of pyridine rings is 1. The van der Waals surface area contributed by atoms with Crippen molar-refractivity contribution in [2.75, 3.05) is 38.3 Å².